The molecule has 0 atom stereocenters. The lowest BCUT2D eigenvalue weighted by molar-refractivity contribution is -0.384. The summed E-state index contributed by atoms with van der Waals surface area (Å²) in [7, 11) is 1.78. The molecule has 0 aliphatic carbocycles. The first-order valence-corrected chi connectivity index (χ1v) is 7.67. The van der Waals surface area contributed by atoms with Gasteiger partial charge in [0.05, 0.1) is 15.1 Å². The summed E-state index contributed by atoms with van der Waals surface area (Å²) in [6.45, 7) is 1.91. The molecule has 0 saturated carbocycles. The van der Waals surface area contributed by atoms with Crippen molar-refractivity contribution >= 4 is 33.1 Å². The molecule has 1 aromatic heterocycles. The van der Waals surface area contributed by atoms with Gasteiger partial charge in [0.1, 0.15) is 0 Å². The first-order chi connectivity index (χ1) is 11.0. The van der Waals surface area contributed by atoms with E-state index in [2.05, 4.69) is 4.99 Å². The number of hydrogen-bond donors (Lipinski definition) is 0. The van der Waals surface area contributed by atoms with Gasteiger partial charge in [0.15, 0.2) is 4.80 Å². The minimum atomic E-state index is -0.437. The summed E-state index contributed by atoms with van der Waals surface area (Å²) in [6.07, 6.45) is 0. The van der Waals surface area contributed by atoms with Crippen molar-refractivity contribution in [3.05, 3.63) is 68.5 Å². The van der Waals surface area contributed by atoms with Crippen LogP contribution in [0.4, 0.5) is 5.69 Å². The fourth-order valence-corrected chi connectivity index (χ4v) is 3.32. The fourth-order valence-electron chi connectivity index (χ4n) is 2.27. The van der Waals surface area contributed by atoms with Gasteiger partial charge < -0.3 is 4.57 Å². The SMILES string of the molecule is Cc1cccc(C(=O)N=c2sc3cc([N+](=O)[O-])ccc3n2C)c1. The summed E-state index contributed by atoms with van der Waals surface area (Å²) in [5, 5.41) is 10.9. The van der Waals surface area contributed by atoms with Gasteiger partial charge in [-0.3, -0.25) is 14.9 Å². The molecule has 1 amide bonds. The number of amides is 1. The van der Waals surface area contributed by atoms with E-state index in [1.807, 2.05) is 19.1 Å². The van der Waals surface area contributed by atoms with Crippen molar-refractivity contribution in [3.63, 3.8) is 0 Å². The Morgan fingerprint density at radius 3 is 2.74 bits per heavy atom. The molecule has 0 aliphatic heterocycles. The van der Waals surface area contributed by atoms with E-state index in [4.69, 9.17) is 0 Å². The lowest BCUT2D eigenvalue weighted by atomic mass is 10.1. The number of carbonyl (C=O) groups is 1. The number of hydrogen-bond acceptors (Lipinski definition) is 4. The quantitative estimate of drug-likeness (QED) is 0.535. The number of non-ortho nitro benzene ring substituents is 1. The number of thiazole rings is 1. The van der Waals surface area contributed by atoms with E-state index in [-0.39, 0.29) is 11.6 Å². The summed E-state index contributed by atoms with van der Waals surface area (Å²) in [6, 6.07) is 11.8. The monoisotopic (exact) mass is 327 g/mol. The Hall–Kier alpha value is -2.80. The van der Waals surface area contributed by atoms with Crippen LogP contribution in [0, 0.1) is 17.0 Å². The van der Waals surface area contributed by atoms with E-state index in [0.717, 1.165) is 15.8 Å². The Balaban J connectivity index is 2.10. The molecule has 0 spiro atoms. The van der Waals surface area contributed by atoms with Gasteiger partial charge in [-0.05, 0) is 25.1 Å². The van der Waals surface area contributed by atoms with Crippen LogP contribution in [0.2, 0.25) is 0 Å². The third-order valence-electron chi connectivity index (χ3n) is 3.47. The second-order valence-electron chi connectivity index (χ2n) is 5.14. The van der Waals surface area contributed by atoms with E-state index in [1.54, 1.807) is 29.8 Å². The van der Waals surface area contributed by atoms with Gasteiger partial charge in [0.2, 0.25) is 0 Å². The molecule has 3 rings (SSSR count). The number of fused-ring (bicyclic) bond motifs is 1. The van der Waals surface area contributed by atoms with Crippen LogP contribution in [0.25, 0.3) is 10.2 Å². The highest BCUT2D eigenvalue weighted by Crippen LogP contribution is 2.22. The topological polar surface area (TPSA) is 77.5 Å². The number of rotatable bonds is 2. The van der Waals surface area contributed by atoms with Crippen LogP contribution in [-0.2, 0) is 7.05 Å². The largest absolute Gasteiger partial charge is 0.319 e. The number of nitro benzene ring substituents is 1. The molecule has 7 heteroatoms. The number of benzene rings is 2. The van der Waals surface area contributed by atoms with Crippen LogP contribution >= 0.6 is 11.3 Å². The third-order valence-corrected chi connectivity index (χ3v) is 4.56. The lowest BCUT2D eigenvalue weighted by Crippen LogP contribution is -2.13. The number of aromatic nitrogens is 1. The van der Waals surface area contributed by atoms with Crippen molar-refractivity contribution < 1.29 is 9.72 Å². The first kappa shape index (κ1) is 15.1. The molecule has 23 heavy (non-hydrogen) atoms. The van der Waals surface area contributed by atoms with Gasteiger partial charge >= 0.3 is 0 Å². The summed E-state index contributed by atoms with van der Waals surface area (Å²) in [5.41, 5.74) is 2.34. The van der Waals surface area contributed by atoms with E-state index < -0.39 is 4.92 Å². The average molecular weight is 327 g/mol. The van der Waals surface area contributed by atoms with E-state index in [0.29, 0.717) is 10.4 Å². The van der Waals surface area contributed by atoms with Gasteiger partial charge in [0, 0.05) is 24.7 Å². The molecular formula is C16H13N3O3S. The molecule has 0 saturated heterocycles. The highest BCUT2D eigenvalue weighted by Gasteiger charge is 2.11. The maximum Gasteiger partial charge on any atom is 0.279 e. The van der Waals surface area contributed by atoms with Crippen LogP contribution in [0.15, 0.2) is 47.5 Å². The minimum Gasteiger partial charge on any atom is -0.319 e. The Morgan fingerprint density at radius 2 is 2.04 bits per heavy atom. The number of nitrogens with zero attached hydrogens (tertiary/aromatic N) is 3. The summed E-state index contributed by atoms with van der Waals surface area (Å²) in [4.78, 5) is 27.4. The van der Waals surface area contributed by atoms with Crippen molar-refractivity contribution in [1.82, 2.24) is 4.57 Å². The van der Waals surface area contributed by atoms with Crippen LogP contribution in [0.1, 0.15) is 15.9 Å². The highest BCUT2D eigenvalue weighted by atomic mass is 32.1. The van der Waals surface area contributed by atoms with Crippen LogP contribution in [0.3, 0.4) is 0 Å². The second kappa shape index (κ2) is 5.77. The van der Waals surface area contributed by atoms with Gasteiger partial charge in [-0.1, -0.05) is 29.0 Å². The molecule has 0 fully saturated rings. The minimum absolute atomic E-state index is 0.0240. The summed E-state index contributed by atoms with van der Waals surface area (Å²) < 4.78 is 2.48. The van der Waals surface area contributed by atoms with Gasteiger partial charge in [-0.15, -0.1) is 0 Å². The zero-order chi connectivity index (χ0) is 16.6. The molecular weight excluding hydrogens is 314 g/mol. The molecule has 0 bridgehead atoms. The van der Waals surface area contributed by atoms with Crippen LogP contribution in [0.5, 0.6) is 0 Å². The number of nitro groups is 1. The maximum atomic E-state index is 12.3. The van der Waals surface area contributed by atoms with Crippen molar-refractivity contribution in [2.45, 2.75) is 6.92 Å². The molecule has 6 nitrogen and oxygen atoms in total. The Kier molecular flexibility index (Phi) is 3.79. The molecule has 0 N–H and O–H groups in total. The molecule has 116 valence electrons. The third kappa shape index (κ3) is 2.91. The normalized spacial score (nSPS) is 11.8. The molecule has 2 aromatic carbocycles. The Morgan fingerprint density at radius 1 is 1.26 bits per heavy atom. The summed E-state index contributed by atoms with van der Waals surface area (Å²) in [5.74, 6) is -0.328. The van der Waals surface area contributed by atoms with E-state index >= 15 is 0 Å². The predicted octanol–water partition coefficient (Wildman–Crippen LogP) is 3.20. The van der Waals surface area contributed by atoms with Crippen LogP contribution in [-0.4, -0.2) is 15.4 Å². The maximum absolute atomic E-state index is 12.3. The molecule has 1 heterocycles. The zero-order valence-corrected chi connectivity index (χ0v) is 13.3. The zero-order valence-electron chi connectivity index (χ0n) is 12.5. The van der Waals surface area contributed by atoms with Gasteiger partial charge in [0.25, 0.3) is 11.6 Å². The Labute approximate surface area is 135 Å². The van der Waals surface area contributed by atoms with Crippen molar-refractivity contribution in [2.75, 3.05) is 0 Å². The first-order valence-electron chi connectivity index (χ1n) is 6.85. The van der Waals surface area contributed by atoms with Crippen molar-refractivity contribution in [3.8, 4) is 0 Å². The standard InChI is InChI=1S/C16H13N3O3S/c1-10-4-3-5-11(8-10)15(20)17-16-18(2)13-7-6-12(19(21)22)9-14(13)23-16/h3-9H,1-2H3. The molecule has 3 aromatic rings. The van der Waals surface area contributed by atoms with Gasteiger partial charge in [-0.2, -0.15) is 4.99 Å². The molecule has 0 radical (unpaired) electrons. The van der Waals surface area contributed by atoms with Crippen molar-refractivity contribution in [1.29, 1.82) is 0 Å². The average Bonchev–Trinajstić information content (AvgIpc) is 2.83. The van der Waals surface area contributed by atoms with Crippen molar-refractivity contribution in [2.24, 2.45) is 12.0 Å². The fraction of sp³-hybridized carbons (Fsp3) is 0.125. The van der Waals surface area contributed by atoms with Gasteiger partial charge in [-0.25, -0.2) is 0 Å². The highest BCUT2D eigenvalue weighted by molar-refractivity contribution is 7.16. The smallest absolute Gasteiger partial charge is 0.279 e. The molecule has 0 unspecified atom stereocenters. The lowest BCUT2D eigenvalue weighted by Gasteiger charge is -1.97. The van der Waals surface area contributed by atoms with E-state index in [9.17, 15) is 14.9 Å². The molecule has 0 aliphatic rings. The Bertz CT molecular complexity index is 1000. The van der Waals surface area contributed by atoms with E-state index in [1.165, 1.54) is 23.5 Å². The number of aryl methyl sites for hydroxylation is 2. The number of carbonyl (C=O) groups excluding carboxylic acids is 1. The van der Waals surface area contributed by atoms with Crippen LogP contribution < -0.4 is 4.80 Å². The summed E-state index contributed by atoms with van der Waals surface area (Å²) >= 11 is 1.25. The second-order valence-corrected chi connectivity index (χ2v) is 6.15. The predicted molar refractivity (Wildman–Crippen MR) is 88.5 cm³/mol.